The zero-order chi connectivity index (χ0) is 20.1. The molecule has 0 spiro atoms. The third-order valence-corrected chi connectivity index (χ3v) is 6.61. The quantitative estimate of drug-likeness (QED) is 0.538. The summed E-state index contributed by atoms with van der Waals surface area (Å²) >= 11 is 4.45. The van der Waals surface area contributed by atoms with Crippen molar-refractivity contribution < 1.29 is 0 Å². The molecular weight excluding hydrogens is 366 g/mol. The van der Waals surface area contributed by atoms with Gasteiger partial charge < -0.3 is 10.2 Å². The average Bonchev–Trinajstić information content (AvgIpc) is 2.72. The van der Waals surface area contributed by atoms with E-state index in [9.17, 15) is 0 Å². The van der Waals surface area contributed by atoms with Gasteiger partial charge in [-0.3, -0.25) is 4.90 Å². The van der Waals surface area contributed by atoms with E-state index < -0.39 is 0 Å². The topological polar surface area (TPSA) is 44.3 Å². The Bertz CT molecular complexity index is 635. The number of nitrogens with one attached hydrogen (secondary N) is 1. The normalized spacial score (nSPS) is 23.6. The Labute approximate surface area is 176 Å². The van der Waals surface area contributed by atoms with E-state index in [2.05, 4.69) is 64.6 Å². The second-order valence-corrected chi connectivity index (χ2v) is 9.53. The predicted molar refractivity (Wildman–Crippen MR) is 121 cm³/mol. The Morgan fingerprint density at radius 3 is 2.39 bits per heavy atom. The highest BCUT2D eigenvalue weighted by Crippen LogP contribution is 2.25. The molecule has 0 radical (unpaired) electrons. The van der Waals surface area contributed by atoms with Crippen LogP contribution in [0.15, 0.2) is 24.0 Å². The fourth-order valence-corrected chi connectivity index (χ4v) is 4.20. The molecule has 3 heterocycles. The van der Waals surface area contributed by atoms with Gasteiger partial charge in [-0.1, -0.05) is 32.4 Å². The molecule has 1 aromatic heterocycles. The van der Waals surface area contributed by atoms with Crippen LogP contribution in [0, 0.1) is 11.8 Å². The summed E-state index contributed by atoms with van der Waals surface area (Å²) in [7, 11) is 0. The largest absolute Gasteiger partial charge is 0.338 e. The van der Waals surface area contributed by atoms with Crippen molar-refractivity contribution in [2.45, 2.75) is 51.8 Å². The number of thiol groups is 1. The van der Waals surface area contributed by atoms with Crippen LogP contribution in [0.4, 0.5) is 5.95 Å². The average molecular weight is 404 g/mol. The summed E-state index contributed by atoms with van der Waals surface area (Å²) in [6.07, 6.45) is 8.71. The molecule has 0 bridgehead atoms. The lowest BCUT2D eigenvalue weighted by Crippen LogP contribution is -2.47. The van der Waals surface area contributed by atoms with E-state index in [1.807, 2.05) is 19.3 Å². The second-order valence-electron chi connectivity index (χ2n) is 8.75. The van der Waals surface area contributed by atoms with Crippen LogP contribution in [-0.2, 0) is 0 Å². The summed E-state index contributed by atoms with van der Waals surface area (Å²) in [4.78, 5) is 14.0. The third kappa shape index (κ3) is 5.71. The van der Waals surface area contributed by atoms with Crippen molar-refractivity contribution in [2.75, 3.05) is 44.2 Å². The van der Waals surface area contributed by atoms with E-state index >= 15 is 0 Å². The Kier molecular flexibility index (Phi) is 7.77. The molecule has 2 aliphatic rings. The highest BCUT2D eigenvalue weighted by molar-refractivity contribution is 7.80. The number of hydrogen-bond acceptors (Lipinski definition) is 6. The van der Waals surface area contributed by atoms with E-state index in [0.717, 1.165) is 44.2 Å². The van der Waals surface area contributed by atoms with Crippen molar-refractivity contribution >= 4 is 18.6 Å². The molecule has 1 saturated heterocycles. The second kappa shape index (κ2) is 10.1. The lowest BCUT2D eigenvalue weighted by atomic mass is 9.86. The summed E-state index contributed by atoms with van der Waals surface area (Å²) < 4.78 is 0. The molecule has 28 heavy (non-hydrogen) atoms. The predicted octanol–water partition coefficient (Wildman–Crippen LogP) is 3.56. The van der Waals surface area contributed by atoms with Gasteiger partial charge in [0.25, 0.3) is 0 Å². The minimum atomic E-state index is 0.179. The Morgan fingerprint density at radius 2 is 1.79 bits per heavy atom. The van der Waals surface area contributed by atoms with Gasteiger partial charge in [0.1, 0.15) is 0 Å². The maximum atomic E-state index is 4.54. The zero-order valence-electron chi connectivity index (χ0n) is 17.9. The van der Waals surface area contributed by atoms with Crippen LogP contribution in [-0.4, -0.2) is 60.2 Å². The summed E-state index contributed by atoms with van der Waals surface area (Å²) in [5, 5.41) is 3.81. The van der Waals surface area contributed by atoms with Gasteiger partial charge in [-0.2, -0.15) is 12.6 Å². The summed E-state index contributed by atoms with van der Waals surface area (Å²) in [5.74, 6) is 2.24. The van der Waals surface area contributed by atoms with Crippen LogP contribution in [0.1, 0.15) is 51.3 Å². The van der Waals surface area contributed by atoms with Crippen LogP contribution in [0.3, 0.4) is 0 Å². The highest BCUT2D eigenvalue weighted by Gasteiger charge is 2.23. The van der Waals surface area contributed by atoms with Gasteiger partial charge in [0.05, 0.1) is 0 Å². The van der Waals surface area contributed by atoms with Gasteiger partial charge in [0.15, 0.2) is 0 Å². The molecule has 1 fully saturated rings. The van der Waals surface area contributed by atoms with Crippen molar-refractivity contribution in [1.82, 2.24) is 20.2 Å². The number of hydrogen-bond donors (Lipinski definition) is 2. The number of anilines is 1. The van der Waals surface area contributed by atoms with E-state index in [1.54, 1.807) is 5.57 Å². The van der Waals surface area contributed by atoms with Crippen molar-refractivity contribution in [3.05, 3.63) is 29.6 Å². The highest BCUT2D eigenvalue weighted by atomic mass is 32.1. The first kappa shape index (κ1) is 21.6. The third-order valence-electron chi connectivity index (χ3n) is 6.31. The molecule has 2 aliphatic heterocycles. The minimum Gasteiger partial charge on any atom is -0.338 e. The smallest absolute Gasteiger partial charge is 0.225 e. The molecule has 0 amide bonds. The molecule has 3 rings (SSSR count). The summed E-state index contributed by atoms with van der Waals surface area (Å²) in [6.45, 7) is 15.5. The molecular formula is C22H37N5S. The fourth-order valence-electron chi connectivity index (χ4n) is 4.07. The number of aromatic nitrogens is 2. The lowest BCUT2D eigenvalue weighted by Gasteiger charge is -2.36. The maximum absolute atomic E-state index is 4.54. The molecule has 1 N–H and O–H groups in total. The maximum Gasteiger partial charge on any atom is 0.225 e. The Hall–Kier alpha value is -1.11. The van der Waals surface area contributed by atoms with Crippen LogP contribution in [0.25, 0.3) is 0 Å². The van der Waals surface area contributed by atoms with Gasteiger partial charge in [0.2, 0.25) is 5.95 Å². The van der Waals surface area contributed by atoms with Crippen molar-refractivity contribution in [1.29, 1.82) is 0 Å². The molecule has 1 aromatic rings. The molecule has 5 nitrogen and oxygen atoms in total. The van der Waals surface area contributed by atoms with Crippen LogP contribution in [0.5, 0.6) is 0 Å². The van der Waals surface area contributed by atoms with Crippen LogP contribution >= 0.6 is 12.6 Å². The Balaban J connectivity index is 1.42. The Morgan fingerprint density at radius 1 is 1.11 bits per heavy atom. The zero-order valence-corrected chi connectivity index (χ0v) is 18.8. The van der Waals surface area contributed by atoms with Crippen molar-refractivity contribution in [2.24, 2.45) is 11.8 Å². The van der Waals surface area contributed by atoms with E-state index in [1.165, 1.54) is 19.4 Å². The molecule has 6 heteroatoms. The first-order valence-electron chi connectivity index (χ1n) is 10.8. The van der Waals surface area contributed by atoms with Gasteiger partial charge in [-0.05, 0) is 38.1 Å². The molecule has 0 aromatic carbocycles. The van der Waals surface area contributed by atoms with Gasteiger partial charge in [-0.15, -0.1) is 0 Å². The molecule has 3 atom stereocenters. The number of nitrogens with zero attached hydrogens (tertiary/aromatic N) is 4. The standard InChI is InChI=1S/C22H37N5S/c1-16(2)21-13-19(5-7-23-21)17(3)6-8-26-9-11-27(12-10-26)22-24-14-20(15-25-22)18(4)28/h5,14-18,21,23,28H,6-13H2,1-4H3. The van der Waals surface area contributed by atoms with Crippen LogP contribution < -0.4 is 10.2 Å². The fraction of sp³-hybridized carbons (Fsp3) is 0.727. The first-order valence-corrected chi connectivity index (χ1v) is 11.3. The van der Waals surface area contributed by atoms with Gasteiger partial charge in [-0.25, -0.2) is 9.97 Å². The number of piperazine rings is 1. The van der Waals surface area contributed by atoms with E-state index in [4.69, 9.17) is 0 Å². The monoisotopic (exact) mass is 403 g/mol. The number of rotatable bonds is 7. The van der Waals surface area contributed by atoms with Gasteiger partial charge >= 0.3 is 0 Å². The summed E-state index contributed by atoms with van der Waals surface area (Å²) in [5.41, 5.74) is 2.73. The van der Waals surface area contributed by atoms with Gasteiger partial charge in [0, 0.05) is 62.0 Å². The molecule has 0 aliphatic carbocycles. The van der Waals surface area contributed by atoms with Crippen molar-refractivity contribution in [3.8, 4) is 0 Å². The lowest BCUT2D eigenvalue weighted by molar-refractivity contribution is 0.242. The SMILES string of the molecule is CC(CCN1CCN(c2ncc(C(C)S)cn2)CC1)C1=CCNC(C(C)C)C1. The minimum absolute atomic E-state index is 0.179. The first-order chi connectivity index (χ1) is 13.4. The molecule has 156 valence electrons. The van der Waals surface area contributed by atoms with E-state index in [0.29, 0.717) is 17.9 Å². The van der Waals surface area contributed by atoms with Crippen LogP contribution in [0.2, 0.25) is 0 Å². The summed E-state index contributed by atoms with van der Waals surface area (Å²) in [6, 6.07) is 0.642. The molecule has 0 saturated carbocycles. The van der Waals surface area contributed by atoms with E-state index in [-0.39, 0.29) is 5.25 Å². The molecule has 3 unspecified atom stereocenters. The van der Waals surface area contributed by atoms with Crippen molar-refractivity contribution in [3.63, 3.8) is 0 Å².